The minimum atomic E-state index is -0.337. The molecule has 0 fully saturated rings. The molecule has 1 heterocycles. The lowest BCUT2D eigenvalue weighted by molar-refractivity contribution is -0.138. The van der Waals surface area contributed by atoms with Crippen LogP contribution in [0.1, 0.15) is 12.6 Å². The highest BCUT2D eigenvalue weighted by atomic mass is 16.5. The predicted molar refractivity (Wildman–Crippen MR) is 63.2 cm³/mol. The molecule has 0 aliphatic carbocycles. The van der Waals surface area contributed by atoms with Crippen LogP contribution in [0.4, 0.5) is 5.95 Å². The standard InChI is InChI=1S/C11H17N3O3/c1-5-17-9-6-8(2)12-11(13-9)14(3)7-10(15)16-4/h6H,5,7H2,1-4H3. The Morgan fingerprint density at radius 2 is 2.18 bits per heavy atom. The number of hydrogen-bond donors (Lipinski definition) is 0. The highest BCUT2D eigenvalue weighted by Crippen LogP contribution is 2.14. The van der Waals surface area contributed by atoms with Crippen LogP contribution in [0.2, 0.25) is 0 Å². The Kier molecular flexibility index (Phi) is 4.68. The molecule has 1 aromatic heterocycles. The number of carbonyl (C=O) groups is 1. The molecule has 0 saturated carbocycles. The zero-order valence-corrected chi connectivity index (χ0v) is 10.6. The van der Waals surface area contributed by atoms with Gasteiger partial charge in [0, 0.05) is 18.8 Å². The number of aryl methyl sites for hydroxylation is 1. The lowest BCUT2D eigenvalue weighted by Crippen LogP contribution is -2.28. The minimum absolute atomic E-state index is 0.103. The largest absolute Gasteiger partial charge is 0.478 e. The van der Waals surface area contributed by atoms with Crippen LogP contribution < -0.4 is 9.64 Å². The number of likely N-dealkylation sites (N-methyl/N-ethyl adjacent to an activating group) is 1. The minimum Gasteiger partial charge on any atom is -0.478 e. The summed E-state index contributed by atoms with van der Waals surface area (Å²) in [6, 6.07) is 1.75. The summed E-state index contributed by atoms with van der Waals surface area (Å²) in [6.07, 6.45) is 0. The molecule has 94 valence electrons. The van der Waals surface area contributed by atoms with Crippen molar-refractivity contribution in [1.29, 1.82) is 0 Å². The maximum Gasteiger partial charge on any atom is 0.325 e. The summed E-state index contributed by atoms with van der Waals surface area (Å²) in [7, 11) is 3.07. The van der Waals surface area contributed by atoms with E-state index in [0.29, 0.717) is 18.4 Å². The Bertz CT molecular complexity index is 396. The Hall–Kier alpha value is -1.85. The number of methoxy groups -OCH3 is 1. The van der Waals surface area contributed by atoms with E-state index in [2.05, 4.69) is 14.7 Å². The predicted octanol–water partition coefficient (Wildman–Crippen LogP) is 0.793. The lowest BCUT2D eigenvalue weighted by atomic mass is 10.4. The topological polar surface area (TPSA) is 64.5 Å². The number of rotatable bonds is 5. The Morgan fingerprint density at radius 1 is 1.47 bits per heavy atom. The number of nitrogens with zero attached hydrogens (tertiary/aromatic N) is 3. The molecule has 0 radical (unpaired) electrons. The molecule has 0 aliphatic rings. The molecule has 6 heteroatoms. The molecule has 0 saturated heterocycles. The van der Waals surface area contributed by atoms with Gasteiger partial charge in [-0.1, -0.05) is 0 Å². The van der Waals surface area contributed by atoms with Crippen LogP contribution in [0.15, 0.2) is 6.07 Å². The summed E-state index contributed by atoms with van der Waals surface area (Å²) in [5.74, 6) is 0.612. The van der Waals surface area contributed by atoms with Crippen LogP contribution in [0.5, 0.6) is 5.88 Å². The van der Waals surface area contributed by atoms with Gasteiger partial charge in [-0.25, -0.2) is 4.98 Å². The molecule has 6 nitrogen and oxygen atoms in total. The van der Waals surface area contributed by atoms with Crippen LogP contribution in [-0.4, -0.2) is 43.2 Å². The molecular weight excluding hydrogens is 222 g/mol. The summed E-state index contributed by atoms with van der Waals surface area (Å²) in [6.45, 7) is 4.37. The van der Waals surface area contributed by atoms with Crippen LogP contribution in [0.3, 0.4) is 0 Å². The Labute approximate surface area is 101 Å². The van der Waals surface area contributed by atoms with Crippen molar-refractivity contribution in [2.75, 3.05) is 32.2 Å². The highest BCUT2D eigenvalue weighted by Gasteiger charge is 2.11. The van der Waals surface area contributed by atoms with Gasteiger partial charge in [0.05, 0.1) is 13.7 Å². The molecule has 1 rings (SSSR count). The second-order valence-corrected chi connectivity index (χ2v) is 3.51. The average Bonchev–Trinajstić information content (AvgIpc) is 2.28. The summed E-state index contributed by atoms with van der Waals surface area (Å²) in [4.78, 5) is 21.2. The van der Waals surface area contributed by atoms with Crippen molar-refractivity contribution in [2.45, 2.75) is 13.8 Å². The van der Waals surface area contributed by atoms with Crippen LogP contribution >= 0.6 is 0 Å². The van der Waals surface area contributed by atoms with Crippen molar-refractivity contribution >= 4 is 11.9 Å². The van der Waals surface area contributed by atoms with E-state index in [4.69, 9.17) is 4.74 Å². The smallest absolute Gasteiger partial charge is 0.325 e. The first-order valence-electron chi connectivity index (χ1n) is 5.33. The van der Waals surface area contributed by atoms with Gasteiger partial charge in [0.25, 0.3) is 0 Å². The quantitative estimate of drug-likeness (QED) is 0.708. The molecule has 0 unspecified atom stereocenters. The van der Waals surface area contributed by atoms with Gasteiger partial charge < -0.3 is 14.4 Å². The van der Waals surface area contributed by atoms with E-state index >= 15 is 0 Å². The molecule has 0 bridgehead atoms. The molecule has 0 aliphatic heterocycles. The summed E-state index contributed by atoms with van der Waals surface area (Å²) >= 11 is 0. The van der Waals surface area contributed by atoms with Gasteiger partial charge in [-0.15, -0.1) is 0 Å². The van der Waals surface area contributed by atoms with E-state index in [1.807, 2.05) is 13.8 Å². The fourth-order valence-corrected chi connectivity index (χ4v) is 1.25. The molecule has 0 N–H and O–H groups in total. The van der Waals surface area contributed by atoms with E-state index in [1.165, 1.54) is 7.11 Å². The molecule has 17 heavy (non-hydrogen) atoms. The summed E-state index contributed by atoms with van der Waals surface area (Å²) in [5.41, 5.74) is 0.787. The maximum absolute atomic E-state index is 11.1. The number of carbonyl (C=O) groups excluding carboxylic acids is 1. The zero-order chi connectivity index (χ0) is 12.8. The summed E-state index contributed by atoms with van der Waals surface area (Å²) < 4.78 is 9.90. The Morgan fingerprint density at radius 3 is 2.76 bits per heavy atom. The fourth-order valence-electron chi connectivity index (χ4n) is 1.25. The third-order valence-corrected chi connectivity index (χ3v) is 2.05. The number of anilines is 1. The van der Waals surface area contributed by atoms with Crippen molar-refractivity contribution in [3.05, 3.63) is 11.8 Å². The van der Waals surface area contributed by atoms with Gasteiger partial charge in [0.1, 0.15) is 6.54 Å². The van der Waals surface area contributed by atoms with Crippen molar-refractivity contribution < 1.29 is 14.3 Å². The van der Waals surface area contributed by atoms with Gasteiger partial charge in [0.15, 0.2) is 0 Å². The van der Waals surface area contributed by atoms with E-state index in [9.17, 15) is 4.79 Å². The van der Waals surface area contributed by atoms with Gasteiger partial charge in [-0.2, -0.15) is 4.98 Å². The van der Waals surface area contributed by atoms with E-state index < -0.39 is 0 Å². The number of esters is 1. The van der Waals surface area contributed by atoms with Gasteiger partial charge in [0.2, 0.25) is 11.8 Å². The van der Waals surface area contributed by atoms with Crippen molar-refractivity contribution in [1.82, 2.24) is 9.97 Å². The molecule has 0 aromatic carbocycles. The van der Waals surface area contributed by atoms with E-state index in [0.717, 1.165) is 5.69 Å². The van der Waals surface area contributed by atoms with Crippen molar-refractivity contribution in [3.63, 3.8) is 0 Å². The normalized spacial score (nSPS) is 9.88. The van der Waals surface area contributed by atoms with Crippen LogP contribution in [0.25, 0.3) is 0 Å². The molecular formula is C11H17N3O3. The number of aromatic nitrogens is 2. The van der Waals surface area contributed by atoms with E-state index in [-0.39, 0.29) is 12.5 Å². The molecule has 0 amide bonds. The first-order valence-corrected chi connectivity index (χ1v) is 5.33. The number of ether oxygens (including phenoxy) is 2. The molecule has 0 atom stereocenters. The third-order valence-electron chi connectivity index (χ3n) is 2.05. The lowest BCUT2D eigenvalue weighted by Gasteiger charge is -2.16. The third kappa shape index (κ3) is 3.90. The summed E-state index contributed by atoms with van der Waals surface area (Å²) in [5, 5.41) is 0. The Balaban J connectivity index is 2.85. The first kappa shape index (κ1) is 13.2. The van der Waals surface area contributed by atoms with Crippen molar-refractivity contribution in [2.24, 2.45) is 0 Å². The SMILES string of the molecule is CCOc1cc(C)nc(N(C)CC(=O)OC)n1. The average molecular weight is 239 g/mol. The maximum atomic E-state index is 11.1. The fraction of sp³-hybridized carbons (Fsp3) is 0.545. The van der Waals surface area contributed by atoms with E-state index in [1.54, 1.807) is 18.0 Å². The van der Waals surface area contributed by atoms with Gasteiger partial charge in [-0.05, 0) is 13.8 Å². The van der Waals surface area contributed by atoms with Crippen molar-refractivity contribution in [3.8, 4) is 5.88 Å². The number of hydrogen-bond acceptors (Lipinski definition) is 6. The second-order valence-electron chi connectivity index (χ2n) is 3.51. The first-order chi connectivity index (χ1) is 8.06. The van der Waals surface area contributed by atoms with Gasteiger partial charge >= 0.3 is 5.97 Å². The highest BCUT2D eigenvalue weighted by molar-refractivity contribution is 5.74. The van der Waals surface area contributed by atoms with Crippen LogP contribution in [-0.2, 0) is 9.53 Å². The molecule has 0 spiro atoms. The monoisotopic (exact) mass is 239 g/mol. The molecule has 1 aromatic rings. The van der Waals surface area contributed by atoms with Crippen LogP contribution in [0, 0.1) is 6.92 Å². The zero-order valence-electron chi connectivity index (χ0n) is 10.6. The van der Waals surface area contributed by atoms with Gasteiger partial charge in [-0.3, -0.25) is 4.79 Å². The second kappa shape index (κ2) is 6.03.